The summed E-state index contributed by atoms with van der Waals surface area (Å²) in [5.41, 5.74) is 3.47. The molecule has 0 aliphatic heterocycles. The van der Waals surface area contributed by atoms with Crippen LogP contribution in [-0.4, -0.2) is 14.4 Å². The summed E-state index contributed by atoms with van der Waals surface area (Å²) in [4.78, 5) is 9.24. The van der Waals surface area contributed by atoms with Crippen LogP contribution in [0, 0.1) is 0 Å². The van der Waals surface area contributed by atoms with Gasteiger partial charge in [-0.1, -0.05) is 62.9 Å². The van der Waals surface area contributed by atoms with Crippen molar-refractivity contribution < 1.29 is 0 Å². The number of hydrogen-bond acceptors (Lipinski definition) is 3. The van der Waals surface area contributed by atoms with Gasteiger partial charge in [-0.15, -0.1) is 11.8 Å². The maximum absolute atomic E-state index is 4.70. The molecular weight excluding hydrogens is 314 g/mol. The number of hydrogen-bond donors (Lipinski definition) is 0. The van der Waals surface area contributed by atoms with E-state index in [0.717, 1.165) is 28.5 Å². The third-order valence-corrected chi connectivity index (χ3v) is 5.29. The first-order chi connectivity index (χ1) is 11.9. The predicted molar refractivity (Wildman–Crippen MR) is 101 cm³/mol. The Balaban J connectivity index is 1.66. The molecule has 3 aromatic rings. The third kappa shape index (κ3) is 4.38. The molecule has 0 unspecified atom stereocenters. The molecule has 0 radical (unpaired) electrons. The zero-order valence-electron chi connectivity index (χ0n) is 14.3. The highest BCUT2D eigenvalue weighted by Gasteiger charge is 2.09. The minimum absolute atomic E-state index is 0.951. The third-order valence-electron chi connectivity index (χ3n) is 4.21. The molecule has 3 rings (SSSR count). The molecule has 0 atom stereocenters. The summed E-state index contributed by atoms with van der Waals surface area (Å²) >= 11 is 1.81. The van der Waals surface area contributed by atoms with E-state index >= 15 is 0 Å². The zero-order valence-corrected chi connectivity index (χ0v) is 15.1. The number of imidazole rings is 1. The molecule has 0 fully saturated rings. The lowest BCUT2D eigenvalue weighted by atomic mass is 10.1. The molecule has 0 amide bonds. The maximum Gasteiger partial charge on any atom is 0.159 e. The molecule has 0 saturated carbocycles. The average molecular weight is 340 g/mol. The van der Waals surface area contributed by atoms with Crippen LogP contribution in [0.3, 0.4) is 0 Å². The lowest BCUT2D eigenvalue weighted by Gasteiger charge is -2.08. The molecule has 1 aromatic carbocycles. The van der Waals surface area contributed by atoms with E-state index in [2.05, 4.69) is 46.6 Å². The molecule has 0 N–H and O–H groups in total. The topological polar surface area (TPSA) is 30.2 Å². The van der Waals surface area contributed by atoms with Gasteiger partial charge >= 0.3 is 0 Å². The van der Waals surface area contributed by atoms with Crippen molar-refractivity contribution in [1.82, 2.24) is 14.4 Å². The van der Waals surface area contributed by atoms with Gasteiger partial charge < -0.3 is 0 Å². The summed E-state index contributed by atoms with van der Waals surface area (Å²) < 4.78 is 2.18. The summed E-state index contributed by atoms with van der Waals surface area (Å²) in [6, 6.07) is 10.6. The molecule has 0 bridgehead atoms. The maximum atomic E-state index is 4.70. The van der Waals surface area contributed by atoms with E-state index in [9.17, 15) is 0 Å². The normalized spacial score (nSPS) is 11.2. The fraction of sp³-hybridized carbons (Fsp3) is 0.400. The van der Waals surface area contributed by atoms with Crippen LogP contribution in [0.5, 0.6) is 0 Å². The predicted octanol–water partition coefficient (Wildman–Crippen LogP) is 5.53. The van der Waals surface area contributed by atoms with Crippen LogP contribution in [-0.2, 0) is 12.2 Å². The first-order valence-corrected chi connectivity index (χ1v) is 9.84. The molecule has 3 nitrogen and oxygen atoms in total. The van der Waals surface area contributed by atoms with Gasteiger partial charge in [0.1, 0.15) is 0 Å². The second-order valence-electron chi connectivity index (χ2n) is 6.10. The Morgan fingerprint density at radius 1 is 1.00 bits per heavy atom. The second kappa shape index (κ2) is 8.88. The molecule has 0 spiro atoms. The molecule has 2 aromatic heterocycles. The van der Waals surface area contributed by atoms with Crippen LogP contribution < -0.4 is 0 Å². The van der Waals surface area contributed by atoms with Gasteiger partial charge in [-0.2, -0.15) is 0 Å². The van der Waals surface area contributed by atoms with Crippen LogP contribution in [0.25, 0.3) is 5.65 Å². The van der Waals surface area contributed by atoms with Gasteiger partial charge in [0.15, 0.2) is 5.65 Å². The highest BCUT2D eigenvalue weighted by atomic mass is 32.2. The Labute approximate surface area is 148 Å². The molecule has 0 saturated heterocycles. The standard InChI is InChI=1S/C20H25N3S/c1-2-3-4-5-9-12-18-20-21-13-14-23(20)19(15-22-18)24-16-17-10-7-6-8-11-17/h6-8,10-11,13-15H,2-5,9,12,16H2,1H3. The molecule has 2 heterocycles. The van der Waals surface area contributed by atoms with Gasteiger partial charge in [0.25, 0.3) is 0 Å². The lowest BCUT2D eigenvalue weighted by molar-refractivity contribution is 0.627. The van der Waals surface area contributed by atoms with Crippen LogP contribution in [0.2, 0.25) is 0 Å². The lowest BCUT2D eigenvalue weighted by Crippen LogP contribution is -1.99. The highest BCUT2D eigenvalue weighted by molar-refractivity contribution is 7.98. The quantitative estimate of drug-likeness (QED) is 0.379. The van der Waals surface area contributed by atoms with Gasteiger partial charge in [0.2, 0.25) is 0 Å². The van der Waals surface area contributed by atoms with E-state index in [1.807, 2.05) is 30.4 Å². The minimum Gasteiger partial charge on any atom is -0.292 e. The van der Waals surface area contributed by atoms with E-state index in [0.29, 0.717) is 0 Å². The first kappa shape index (κ1) is 17.0. The summed E-state index contributed by atoms with van der Waals surface area (Å²) in [5, 5.41) is 1.15. The largest absolute Gasteiger partial charge is 0.292 e. The smallest absolute Gasteiger partial charge is 0.159 e. The highest BCUT2D eigenvalue weighted by Crippen LogP contribution is 2.24. The zero-order chi connectivity index (χ0) is 16.6. The van der Waals surface area contributed by atoms with Crippen molar-refractivity contribution in [1.29, 1.82) is 0 Å². The summed E-state index contributed by atoms with van der Waals surface area (Å²) in [6.45, 7) is 2.25. The number of unbranched alkanes of at least 4 members (excludes halogenated alkanes) is 4. The van der Waals surface area contributed by atoms with Gasteiger partial charge in [0.05, 0.1) is 16.9 Å². The van der Waals surface area contributed by atoms with E-state index in [-0.39, 0.29) is 0 Å². The fourth-order valence-corrected chi connectivity index (χ4v) is 3.78. The number of aromatic nitrogens is 3. The van der Waals surface area contributed by atoms with Crippen LogP contribution in [0.1, 0.15) is 50.3 Å². The fourth-order valence-electron chi connectivity index (χ4n) is 2.86. The van der Waals surface area contributed by atoms with Gasteiger partial charge in [-0.3, -0.25) is 9.38 Å². The van der Waals surface area contributed by atoms with Crippen LogP contribution in [0.15, 0.2) is 53.9 Å². The number of fused-ring (bicyclic) bond motifs is 1. The summed E-state index contributed by atoms with van der Waals surface area (Å²) in [6.07, 6.45) is 13.4. The minimum atomic E-state index is 0.951. The Morgan fingerprint density at radius 3 is 2.67 bits per heavy atom. The Hall–Kier alpha value is -1.81. The summed E-state index contributed by atoms with van der Waals surface area (Å²) in [7, 11) is 0. The SMILES string of the molecule is CCCCCCCc1ncc(SCc2ccccc2)n2ccnc12. The van der Waals surface area contributed by atoms with E-state index in [1.54, 1.807) is 0 Å². The van der Waals surface area contributed by atoms with E-state index < -0.39 is 0 Å². The van der Waals surface area contributed by atoms with Crippen molar-refractivity contribution in [3.05, 3.63) is 60.2 Å². The van der Waals surface area contributed by atoms with Gasteiger partial charge in [0, 0.05) is 18.1 Å². The van der Waals surface area contributed by atoms with Crippen molar-refractivity contribution in [2.24, 2.45) is 0 Å². The molecule has 126 valence electrons. The summed E-state index contributed by atoms with van der Waals surface area (Å²) in [5.74, 6) is 0.951. The van der Waals surface area contributed by atoms with Crippen LogP contribution in [0.4, 0.5) is 0 Å². The Morgan fingerprint density at radius 2 is 1.83 bits per heavy atom. The van der Waals surface area contributed by atoms with Crippen LogP contribution >= 0.6 is 11.8 Å². The number of rotatable bonds is 9. The van der Waals surface area contributed by atoms with Gasteiger partial charge in [-0.25, -0.2) is 4.98 Å². The Bertz CT molecular complexity index is 752. The number of nitrogens with zero attached hydrogens (tertiary/aromatic N) is 3. The number of aryl methyl sites for hydroxylation is 1. The Kier molecular flexibility index (Phi) is 6.30. The molecule has 0 aliphatic carbocycles. The molecule has 24 heavy (non-hydrogen) atoms. The van der Waals surface area contributed by atoms with Crippen molar-refractivity contribution in [3.63, 3.8) is 0 Å². The van der Waals surface area contributed by atoms with Gasteiger partial charge in [-0.05, 0) is 18.4 Å². The second-order valence-corrected chi connectivity index (χ2v) is 7.10. The van der Waals surface area contributed by atoms with Crippen molar-refractivity contribution in [2.75, 3.05) is 0 Å². The van der Waals surface area contributed by atoms with E-state index in [4.69, 9.17) is 4.98 Å². The molecule has 4 heteroatoms. The first-order valence-electron chi connectivity index (χ1n) is 8.86. The van der Waals surface area contributed by atoms with Crippen molar-refractivity contribution in [3.8, 4) is 0 Å². The number of benzene rings is 1. The van der Waals surface area contributed by atoms with Crippen molar-refractivity contribution >= 4 is 17.4 Å². The van der Waals surface area contributed by atoms with Crippen molar-refractivity contribution in [2.45, 2.75) is 56.2 Å². The molecular formula is C20H25N3S. The van der Waals surface area contributed by atoms with E-state index in [1.165, 1.54) is 37.7 Å². The monoisotopic (exact) mass is 339 g/mol. The molecule has 0 aliphatic rings. The average Bonchev–Trinajstić information content (AvgIpc) is 3.11. The number of thioether (sulfide) groups is 1.